The highest BCUT2D eigenvalue weighted by molar-refractivity contribution is 7.14. The maximum atomic E-state index is 9.78. The molecule has 5 nitrogen and oxygen atoms in total. The van der Waals surface area contributed by atoms with E-state index in [1.165, 1.54) is 7.11 Å². The smallest absolute Gasteiger partial charge is 0.160 e. The molecule has 0 aliphatic rings. The molecule has 6 heteroatoms. The Morgan fingerprint density at radius 1 is 1.35 bits per heavy atom. The van der Waals surface area contributed by atoms with Gasteiger partial charge in [0.1, 0.15) is 10.0 Å². The zero-order chi connectivity index (χ0) is 14.5. The van der Waals surface area contributed by atoms with Crippen molar-refractivity contribution in [1.29, 1.82) is 0 Å². The minimum Gasteiger partial charge on any atom is -0.504 e. The fourth-order valence-electron chi connectivity index (χ4n) is 1.76. The van der Waals surface area contributed by atoms with Crippen molar-refractivity contribution in [2.45, 2.75) is 26.3 Å². The molecule has 1 heterocycles. The summed E-state index contributed by atoms with van der Waals surface area (Å²) in [6.45, 7) is 5.12. The Bertz CT molecular complexity index is 569. The van der Waals surface area contributed by atoms with Gasteiger partial charge in [-0.1, -0.05) is 25.2 Å². The van der Waals surface area contributed by atoms with Crippen LogP contribution in [0.1, 0.15) is 18.9 Å². The molecule has 2 rings (SSSR count). The second-order valence-electron chi connectivity index (χ2n) is 4.75. The van der Waals surface area contributed by atoms with Crippen LogP contribution >= 0.6 is 11.3 Å². The summed E-state index contributed by atoms with van der Waals surface area (Å²) in [6, 6.07) is 5.72. The molecule has 2 N–H and O–H groups in total. The van der Waals surface area contributed by atoms with Crippen LogP contribution < -0.4 is 10.1 Å². The third-order valence-corrected chi connectivity index (χ3v) is 3.82. The molecule has 0 atom stereocenters. The highest BCUT2D eigenvalue weighted by Gasteiger charge is 2.09. The van der Waals surface area contributed by atoms with E-state index in [0.717, 1.165) is 28.5 Å². The summed E-state index contributed by atoms with van der Waals surface area (Å²) in [5.41, 5.74) is 0.851. The molecule has 0 saturated carbocycles. The summed E-state index contributed by atoms with van der Waals surface area (Å²) in [5, 5.41) is 23.3. The second kappa shape index (κ2) is 6.67. The standard InChI is InChI=1S/C14H19N3O2S/c1-9(2)15-7-6-13-16-17-14(20-13)10-4-5-12(19-3)11(18)8-10/h4-5,8-9,15,18H,6-7H2,1-3H3. The quantitative estimate of drug-likeness (QED) is 0.856. The highest BCUT2D eigenvalue weighted by Crippen LogP contribution is 2.32. The first-order valence-electron chi connectivity index (χ1n) is 6.53. The molecular weight excluding hydrogens is 274 g/mol. The van der Waals surface area contributed by atoms with Gasteiger partial charge in [0.2, 0.25) is 0 Å². The maximum absolute atomic E-state index is 9.78. The predicted octanol–water partition coefficient (Wildman–Crippen LogP) is 2.46. The van der Waals surface area contributed by atoms with Gasteiger partial charge in [0.15, 0.2) is 11.5 Å². The molecular formula is C14H19N3O2S. The van der Waals surface area contributed by atoms with E-state index in [0.29, 0.717) is 11.8 Å². The van der Waals surface area contributed by atoms with Crippen LogP contribution in [-0.4, -0.2) is 35.0 Å². The van der Waals surface area contributed by atoms with Gasteiger partial charge in [-0.15, -0.1) is 10.2 Å². The number of rotatable bonds is 6. The number of phenolic OH excluding ortho intramolecular Hbond substituents is 1. The first-order chi connectivity index (χ1) is 9.60. The summed E-state index contributed by atoms with van der Waals surface area (Å²) in [5.74, 6) is 0.572. The summed E-state index contributed by atoms with van der Waals surface area (Å²) in [4.78, 5) is 0. The van der Waals surface area contributed by atoms with E-state index >= 15 is 0 Å². The van der Waals surface area contributed by atoms with Crippen molar-refractivity contribution < 1.29 is 9.84 Å². The van der Waals surface area contributed by atoms with Gasteiger partial charge in [-0.3, -0.25) is 0 Å². The molecule has 1 aromatic heterocycles. The van der Waals surface area contributed by atoms with Gasteiger partial charge >= 0.3 is 0 Å². The van der Waals surface area contributed by atoms with E-state index in [1.54, 1.807) is 23.5 Å². The Morgan fingerprint density at radius 3 is 2.80 bits per heavy atom. The molecule has 0 aliphatic heterocycles. The lowest BCUT2D eigenvalue weighted by atomic mass is 10.2. The van der Waals surface area contributed by atoms with E-state index in [4.69, 9.17) is 4.74 Å². The highest BCUT2D eigenvalue weighted by atomic mass is 32.1. The molecule has 0 bridgehead atoms. The molecule has 108 valence electrons. The van der Waals surface area contributed by atoms with Crippen LogP contribution in [0.3, 0.4) is 0 Å². The predicted molar refractivity (Wildman–Crippen MR) is 80.4 cm³/mol. The topological polar surface area (TPSA) is 67.3 Å². The van der Waals surface area contributed by atoms with Crippen LogP contribution in [-0.2, 0) is 6.42 Å². The van der Waals surface area contributed by atoms with Crippen molar-refractivity contribution in [3.05, 3.63) is 23.2 Å². The molecule has 0 unspecified atom stereocenters. The number of aromatic nitrogens is 2. The minimum absolute atomic E-state index is 0.114. The average molecular weight is 293 g/mol. The van der Waals surface area contributed by atoms with Crippen molar-refractivity contribution in [3.63, 3.8) is 0 Å². The molecule has 20 heavy (non-hydrogen) atoms. The first kappa shape index (κ1) is 14.7. The zero-order valence-electron chi connectivity index (χ0n) is 11.9. The number of methoxy groups -OCH3 is 1. The molecule has 2 aromatic rings. The van der Waals surface area contributed by atoms with Crippen molar-refractivity contribution in [1.82, 2.24) is 15.5 Å². The molecule has 0 aliphatic carbocycles. The van der Waals surface area contributed by atoms with Crippen molar-refractivity contribution in [3.8, 4) is 22.1 Å². The second-order valence-corrected chi connectivity index (χ2v) is 5.81. The largest absolute Gasteiger partial charge is 0.504 e. The third kappa shape index (κ3) is 3.68. The summed E-state index contributed by atoms with van der Waals surface area (Å²) < 4.78 is 5.03. The van der Waals surface area contributed by atoms with Crippen molar-refractivity contribution in [2.75, 3.05) is 13.7 Å². The minimum atomic E-state index is 0.114. The van der Waals surface area contributed by atoms with Crippen LogP contribution in [0.2, 0.25) is 0 Å². The van der Waals surface area contributed by atoms with Crippen LogP contribution in [0.5, 0.6) is 11.5 Å². The maximum Gasteiger partial charge on any atom is 0.160 e. The van der Waals surface area contributed by atoms with E-state index < -0.39 is 0 Å². The molecule has 0 spiro atoms. The van der Waals surface area contributed by atoms with Gasteiger partial charge in [0, 0.05) is 24.6 Å². The van der Waals surface area contributed by atoms with E-state index in [9.17, 15) is 5.11 Å². The fourth-order valence-corrected chi connectivity index (χ4v) is 2.60. The van der Waals surface area contributed by atoms with Gasteiger partial charge in [-0.25, -0.2) is 0 Å². The Hall–Kier alpha value is -1.66. The number of benzene rings is 1. The molecule has 0 amide bonds. The number of nitrogens with one attached hydrogen (secondary N) is 1. The number of hydrogen-bond donors (Lipinski definition) is 2. The average Bonchev–Trinajstić information content (AvgIpc) is 2.87. The lowest BCUT2D eigenvalue weighted by Gasteiger charge is -2.05. The van der Waals surface area contributed by atoms with Crippen molar-refractivity contribution in [2.24, 2.45) is 0 Å². The summed E-state index contributed by atoms with van der Waals surface area (Å²) in [6.07, 6.45) is 0.859. The first-order valence-corrected chi connectivity index (χ1v) is 7.35. The molecule has 0 radical (unpaired) electrons. The monoisotopic (exact) mass is 293 g/mol. The molecule has 0 fully saturated rings. The Kier molecular flexibility index (Phi) is 4.92. The van der Waals surface area contributed by atoms with E-state index in [1.807, 2.05) is 6.07 Å². The molecule has 1 aromatic carbocycles. The lowest BCUT2D eigenvalue weighted by Crippen LogP contribution is -2.24. The van der Waals surface area contributed by atoms with Gasteiger partial charge in [0.05, 0.1) is 7.11 Å². The number of hydrogen-bond acceptors (Lipinski definition) is 6. The Labute approximate surface area is 122 Å². The Morgan fingerprint density at radius 2 is 2.15 bits per heavy atom. The third-order valence-electron chi connectivity index (χ3n) is 2.78. The Balaban J connectivity index is 2.06. The van der Waals surface area contributed by atoms with Crippen LogP contribution in [0.15, 0.2) is 18.2 Å². The van der Waals surface area contributed by atoms with Crippen LogP contribution in [0, 0.1) is 0 Å². The molecule has 0 saturated heterocycles. The van der Waals surface area contributed by atoms with Gasteiger partial charge in [-0.05, 0) is 18.2 Å². The summed E-state index contributed by atoms with van der Waals surface area (Å²) in [7, 11) is 1.53. The fraction of sp³-hybridized carbons (Fsp3) is 0.429. The zero-order valence-corrected chi connectivity index (χ0v) is 12.7. The normalized spacial score (nSPS) is 11.0. The summed E-state index contributed by atoms with van der Waals surface area (Å²) >= 11 is 1.55. The van der Waals surface area contributed by atoms with Gasteiger partial charge < -0.3 is 15.2 Å². The number of aromatic hydroxyl groups is 1. The SMILES string of the molecule is COc1ccc(-c2nnc(CCNC(C)C)s2)cc1O. The van der Waals surface area contributed by atoms with Gasteiger partial charge in [0.25, 0.3) is 0 Å². The van der Waals surface area contributed by atoms with E-state index in [-0.39, 0.29) is 5.75 Å². The number of phenols is 1. The van der Waals surface area contributed by atoms with E-state index in [2.05, 4.69) is 29.4 Å². The van der Waals surface area contributed by atoms with Gasteiger partial charge in [-0.2, -0.15) is 0 Å². The lowest BCUT2D eigenvalue weighted by molar-refractivity contribution is 0.373. The van der Waals surface area contributed by atoms with Crippen LogP contribution in [0.25, 0.3) is 10.6 Å². The number of ether oxygens (including phenoxy) is 1. The van der Waals surface area contributed by atoms with Crippen molar-refractivity contribution >= 4 is 11.3 Å². The number of nitrogens with zero attached hydrogens (tertiary/aromatic N) is 2. The van der Waals surface area contributed by atoms with Crippen LogP contribution in [0.4, 0.5) is 0 Å².